The Morgan fingerprint density at radius 2 is 1.62 bits per heavy atom. The van der Waals surface area contributed by atoms with Crippen molar-refractivity contribution in [3.8, 4) is 0 Å². The van der Waals surface area contributed by atoms with Crippen molar-refractivity contribution < 1.29 is 5.11 Å². The summed E-state index contributed by atoms with van der Waals surface area (Å²) >= 11 is 0. The van der Waals surface area contributed by atoms with Gasteiger partial charge in [0.15, 0.2) is 0 Å². The fourth-order valence-corrected chi connectivity index (χ4v) is 3.81. The quantitative estimate of drug-likeness (QED) is 0.768. The molecular weight excluding hydrogens is 196 g/mol. The Bertz CT molecular complexity index is 203. The summed E-state index contributed by atoms with van der Waals surface area (Å²) in [7, 11) is 0. The smallest absolute Gasteiger partial charge is 0.0596 e. The summed E-state index contributed by atoms with van der Waals surface area (Å²) in [5.41, 5.74) is 0. The predicted octanol–water partition coefficient (Wildman–Crippen LogP) is 4.00. The van der Waals surface area contributed by atoms with E-state index in [4.69, 9.17) is 0 Å². The highest BCUT2D eigenvalue weighted by Gasteiger charge is 2.34. The highest BCUT2D eigenvalue weighted by atomic mass is 16.3. The van der Waals surface area contributed by atoms with Crippen molar-refractivity contribution in [1.82, 2.24) is 0 Å². The standard InChI is InChI=1S/C15H28O/c1-3-12-6-9-14(10-12)15(16)13-7-4-11(2)5-8-13/h11-16H,3-10H2,1-2H3. The molecule has 0 heterocycles. The van der Waals surface area contributed by atoms with Crippen LogP contribution in [-0.2, 0) is 0 Å². The van der Waals surface area contributed by atoms with E-state index in [1.165, 1.54) is 51.4 Å². The first-order valence-corrected chi connectivity index (χ1v) is 7.38. The van der Waals surface area contributed by atoms with Crippen molar-refractivity contribution in [1.29, 1.82) is 0 Å². The van der Waals surface area contributed by atoms with E-state index in [9.17, 15) is 5.11 Å². The van der Waals surface area contributed by atoms with Gasteiger partial charge in [0.25, 0.3) is 0 Å². The second-order valence-electron chi connectivity index (χ2n) is 6.36. The van der Waals surface area contributed by atoms with Crippen LogP contribution in [0.15, 0.2) is 0 Å². The van der Waals surface area contributed by atoms with Gasteiger partial charge in [0.05, 0.1) is 6.10 Å². The van der Waals surface area contributed by atoms with Crippen molar-refractivity contribution in [2.45, 2.75) is 71.3 Å². The first-order chi connectivity index (χ1) is 7.70. The van der Waals surface area contributed by atoms with Crippen LogP contribution in [0.2, 0.25) is 0 Å². The van der Waals surface area contributed by atoms with Gasteiger partial charge in [-0.05, 0) is 49.4 Å². The Morgan fingerprint density at radius 1 is 1.00 bits per heavy atom. The molecule has 2 aliphatic carbocycles. The van der Waals surface area contributed by atoms with Gasteiger partial charge < -0.3 is 5.11 Å². The minimum atomic E-state index is 0.0176. The maximum absolute atomic E-state index is 10.5. The van der Waals surface area contributed by atoms with E-state index < -0.39 is 0 Å². The van der Waals surface area contributed by atoms with Crippen molar-refractivity contribution in [2.24, 2.45) is 23.7 Å². The molecule has 2 aliphatic rings. The first kappa shape index (κ1) is 12.4. The van der Waals surface area contributed by atoms with Gasteiger partial charge in [-0.15, -0.1) is 0 Å². The summed E-state index contributed by atoms with van der Waals surface area (Å²) in [4.78, 5) is 0. The lowest BCUT2D eigenvalue weighted by Crippen LogP contribution is -2.30. The van der Waals surface area contributed by atoms with E-state index in [-0.39, 0.29) is 6.10 Å². The number of rotatable bonds is 3. The molecule has 16 heavy (non-hydrogen) atoms. The molecule has 0 bridgehead atoms. The molecule has 2 rings (SSSR count). The van der Waals surface area contributed by atoms with E-state index in [2.05, 4.69) is 13.8 Å². The average molecular weight is 224 g/mol. The number of hydrogen-bond acceptors (Lipinski definition) is 1. The Balaban J connectivity index is 1.81. The van der Waals surface area contributed by atoms with Crippen LogP contribution in [0.25, 0.3) is 0 Å². The maximum atomic E-state index is 10.5. The lowest BCUT2D eigenvalue weighted by atomic mass is 9.76. The van der Waals surface area contributed by atoms with E-state index in [1.54, 1.807) is 0 Å². The molecule has 3 unspecified atom stereocenters. The zero-order chi connectivity index (χ0) is 11.5. The lowest BCUT2D eigenvalue weighted by Gasteiger charge is -2.33. The molecule has 0 radical (unpaired) electrons. The van der Waals surface area contributed by atoms with Gasteiger partial charge in [-0.25, -0.2) is 0 Å². The zero-order valence-corrected chi connectivity index (χ0v) is 11.0. The Hall–Kier alpha value is -0.0400. The largest absolute Gasteiger partial charge is 0.393 e. The zero-order valence-electron chi connectivity index (χ0n) is 11.0. The molecule has 0 aromatic heterocycles. The topological polar surface area (TPSA) is 20.2 Å². The summed E-state index contributed by atoms with van der Waals surface area (Å²) in [6, 6.07) is 0. The molecule has 0 saturated heterocycles. The van der Waals surface area contributed by atoms with Gasteiger partial charge >= 0.3 is 0 Å². The molecule has 1 heteroatoms. The third-order valence-corrected chi connectivity index (χ3v) is 5.19. The predicted molar refractivity (Wildman–Crippen MR) is 68.3 cm³/mol. The molecule has 1 nitrogen and oxygen atoms in total. The molecular formula is C15H28O. The molecule has 2 fully saturated rings. The molecule has 0 aromatic carbocycles. The highest BCUT2D eigenvalue weighted by molar-refractivity contribution is 4.85. The van der Waals surface area contributed by atoms with Gasteiger partial charge in [0.1, 0.15) is 0 Å². The van der Waals surface area contributed by atoms with Crippen LogP contribution in [0.5, 0.6) is 0 Å². The van der Waals surface area contributed by atoms with Gasteiger partial charge in [0.2, 0.25) is 0 Å². The van der Waals surface area contributed by atoms with Crippen LogP contribution in [0, 0.1) is 23.7 Å². The molecule has 3 atom stereocenters. The van der Waals surface area contributed by atoms with Crippen molar-refractivity contribution >= 4 is 0 Å². The Morgan fingerprint density at radius 3 is 2.19 bits per heavy atom. The normalized spacial score (nSPS) is 42.2. The molecule has 1 N–H and O–H groups in total. The van der Waals surface area contributed by atoms with Crippen LogP contribution >= 0.6 is 0 Å². The summed E-state index contributed by atoms with van der Waals surface area (Å²) in [5, 5.41) is 10.5. The van der Waals surface area contributed by atoms with Crippen LogP contribution in [-0.4, -0.2) is 11.2 Å². The van der Waals surface area contributed by atoms with Gasteiger partial charge in [-0.1, -0.05) is 39.5 Å². The fraction of sp³-hybridized carbons (Fsp3) is 1.00. The maximum Gasteiger partial charge on any atom is 0.0596 e. The number of hydrogen-bond donors (Lipinski definition) is 1. The molecule has 0 aliphatic heterocycles. The Labute approximate surface area is 101 Å². The van der Waals surface area contributed by atoms with Gasteiger partial charge in [-0.2, -0.15) is 0 Å². The summed E-state index contributed by atoms with van der Waals surface area (Å²) in [5.74, 6) is 3.05. The summed E-state index contributed by atoms with van der Waals surface area (Å²) in [6.45, 7) is 4.65. The monoisotopic (exact) mass is 224 g/mol. The average Bonchev–Trinajstić information content (AvgIpc) is 2.77. The van der Waals surface area contributed by atoms with Gasteiger partial charge in [0, 0.05) is 0 Å². The molecule has 0 spiro atoms. The molecule has 2 saturated carbocycles. The van der Waals surface area contributed by atoms with Crippen molar-refractivity contribution in [3.63, 3.8) is 0 Å². The van der Waals surface area contributed by atoms with E-state index in [1.807, 2.05) is 0 Å². The minimum Gasteiger partial charge on any atom is -0.393 e. The number of aliphatic hydroxyl groups excluding tert-OH is 1. The molecule has 0 amide bonds. The molecule has 94 valence electrons. The highest BCUT2D eigenvalue weighted by Crippen LogP contribution is 2.40. The summed E-state index contributed by atoms with van der Waals surface area (Å²) < 4.78 is 0. The van der Waals surface area contributed by atoms with E-state index >= 15 is 0 Å². The fourth-order valence-electron chi connectivity index (χ4n) is 3.81. The third kappa shape index (κ3) is 2.80. The first-order valence-electron chi connectivity index (χ1n) is 7.38. The number of aliphatic hydroxyl groups is 1. The van der Waals surface area contributed by atoms with E-state index in [0.717, 1.165) is 11.8 Å². The molecule has 0 aromatic rings. The van der Waals surface area contributed by atoms with Crippen molar-refractivity contribution in [2.75, 3.05) is 0 Å². The summed E-state index contributed by atoms with van der Waals surface area (Å²) in [6.07, 6.45) is 10.5. The van der Waals surface area contributed by atoms with Gasteiger partial charge in [-0.3, -0.25) is 0 Å². The van der Waals surface area contributed by atoms with E-state index in [0.29, 0.717) is 11.8 Å². The lowest BCUT2D eigenvalue weighted by molar-refractivity contribution is 0.0279. The van der Waals surface area contributed by atoms with Crippen LogP contribution in [0.4, 0.5) is 0 Å². The second-order valence-corrected chi connectivity index (χ2v) is 6.36. The van der Waals surface area contributed by atoms with Crippen molar-refractivity contribution in [3.05, 3.63) is 0 Å². The SMILES string of the molecule is CCC1CCC(C(O)C2CCC(C)CC2)C1. The Kier molecular flexibility index (Phi) is 4.29. The minimum absolute atomic E-state index is 0.0176. The third-order valence-electron chi connectivity index (χ3n) is 5.19. The van der Waals surface area contributed by atoms with Crippen LogP contribution < -0.4 is 0 Å². The second kappa shape index (κ2) is 5.53. The van der Waals surface area contributed by atoms with Crippen LogP contribution in [0.3, 0.4) is 0 Å². The van der Waals surface area contributed by atoms with Crippen LogP contribution in [0.1, 0.15) is 65.2 Å².